The van der Waals surface area contributed by atoms with Crippen LogP contribution in [-0.4, -0.2) is 5.78 Å². The normalized spacial score (nSPS) is 9.57. The van der Waals surface area contributed by atoms with E-state index in [1.54, 1.807) is 0 Å². The van der Waals surface area contributed by atoms with Crippen LogP contribution in [0.15, 0.2) is 12.1 Å². The maximum atomic E-state index is 11.3. The maximum Gasteiger partial charge on any atom is 0.235 e. The molecule has 0 aliphatic carbocycles. The Balaban J connectivity index is 3.30. The molecule has 1 heteroatoms. The van der Waals surface area contributed by atoms with Gasteiger partial charge in [-0.3, -0.25) is 4.79 Å². The van der Waals surface area contributed by atoms with Gasteiger partial charge in [0.1, 0.15) is 0 Å². The van der Waals surface area contributed by atoms with Crippen molar-refractivity contribution in [1.29, 1.82) is 0 Å². The average Bonchev–Trinajstić information content (AvgIpc) is 2.19. The molecule has 0 aromatic heterocycles. The number of rotatable bonds is 2. The van der Waals surface area contributed by atoms with Gasteiger partial charge in [-0.15, -0.1) is 6.42 Å². The lowest BCUT2D eigenvalue weighted by atomic mass is 9.96. The van der Waals surface area contributed by atoms with Crippen LogP contribution in [0.3, 0.4) is 0 Å². The quantitative estimate of drug-likeness (QED) is 0.394. The molecule has 1 aromatic carbocycles. The summed E-state index contributed by atoms with van der Waals surface area (Å²) in [5.41, 5.74) is 4.03. The molecule has 0 N–H and O–H groups in total. The minimum absolute atomic E-state index is 0.228. The third-order valence-corrected chi connectivity index (χ3v) is 2.44. The van der Waals surface area contributed by atoms with E-state index < -0.39 is 0 Å². The fourth-order valence-electron chi connectivity index (χ4n) is 1.58. The molecule has 0 saturated heterocycles. The summed E-state index contributed by atoms with van der Waals surface area (Å²) in [6.07, 6.45) is 6.08. The molecule has 0 amide bonds. The third-order valence-electron chi connectivity index (χ3n) is 2.44. The summed E-state index contributed by atoms with van der Waals surface area (Å²) in [7, 11) is 0. The number of Topliss-reactive ketones (excluding diaryl/α,β-unsaturated/α-hetero) is 1. The van der Waals surface area contributed by atoms with Crippen molar-refractivity contribution in [2.45, 2.75) is 27.2 Å². The lowest BCUT2D eigenvalue weighted by Gasteiger charge is -2.07. The number of carbonyl (C=O) groups excluding carboxylic acids is 1. The van der Waals surface area contributed by atoms with Gasteiger partial charge >= 0.3 is 0 Å². The number of hydrogen-bond acceptors (Lipinski definition) is 1. The molecule has 0 aliphatic rings. The summed E-state index contributed by atoms with van der Waals surface area (Å²) in [5, 5.41) is 0. The first-order valence-electron chi connectivity index (χ1n) is 4.71. The van der Waals surface area contributed by atoms with Crippen molar-refractivity contribution in [3.63, 3.8) is 0 Å². The van der Waals surface area contributed by atoms with E-state index in [4.69, 9.17) is 6.42 Å². The van der Waals surface area contributed by atoms with Gasteiger partial charge < -0.3 is 0 Å². The molecular formula is C13H14O. The highest BCUT2D eigenvalue weighted by Crippen LogP contribution is 2.16. The fourth-order valence-corrected chi connectivity index (χ4v) is 1.58. The third kappa shape index (κ3) is 1.85. The van der Waals surface area contributed by atoms with E-state index in [1.165, 1.54) is 5.56 Å². The smallest absolute Gasteiger partial charge is 0.235 e. The summed E-state index contributed by atoms with van der Waals surface area (Å²) in [6.45, 7) is 6.03. The number of terminal acetylenes is 1. The minimum Gasteiger partial charge on any atom is -0.279 e. The zero-order valence-electron chi connectivity index (χ0n) is 8.85. The molecule has 0 saturated carbocycles. The van der Waals surface area contributed by atoms with Crippen molar-refractivity contribution in [2.75, 3.05) is 0 Å². The van der Waals surface area contributed by atoms with Crippen LogP contribution >= 0.6 is 0 Å². The second-order valence-corrected chi connectivity index (χ2v) is 3.42. The molecule has 14 heavy (non-hydrogen) atoms. The number of aryl methyl sites for hydroxylation is 3. The van der Waals surface area contributed by atoms with Crippen LogP contribution in [-0.2, 0) is 6.42 Å². The largest absolute Gasteiger partial charge is 0.279 e. The van der Waals surface area contributed by atoms with E-state index >= 15 is 0 Å². The summed E-state index contributed by atoms with van der Waals surface area (Å²) in [6, 6.07) is 3.93. The zero-order valence-corrected chi connectivity index (χ0v) is 8.85. The number of carbonyl (C=O) groups is 1. The Morgan fingerprint density at radius 1 is 1.36 bits per heavy atom. The van der Waals surface area contributed by atoms with Gasteiger partial charge in [0, 0.05) is 5.56 Å². The Hall–Kier alpha value is -1.55. The number of ketones is 1. The van der Waals surface area contributed by atoms with Crippen molar-refractivity contribution in [2.24, 2.45) is 0 Å². The first kappa shape index (κ1) is 10.5. The molecule has 1 nitrogen and oxygen atoms in total. The molecule has 1 rings (SSSR count). The standard InChI is InChI=1S/C13H14O/c1-5-11-7-10(4)12(8-9(11)3)13(14)6-2/h2,7-8H,5H2,1,3-4H3. The van der Waals surface area contributed by atoms with Crippen LogP contribution < -0.4 is 0 Å². The Kier molecular flexibility index (Phi) is 3.09. The molecule has 0 atom stereocenters. The van der Waals surface area contributed by atoms with Crippen LogP contribution in [0.5, 0.6) is 0 Å². The fraction of sp³-hybridized carbons (Fsp3) is 0.308. The zero-order chi connectivity index (χ0) is 10.7. The lowest BCUT2D eigenvalue weighted by molar-refractivity contribution is 0.105. The summed E-state index contributed by atoms with van der Waals surface area (Å²) >= 11 is 0. The maximum absolute atomic E-state index is 11.3. The summed E-state index contributed by atoms with van der Waals surface area (Å²) in [5.74, 6) is 1.92. The molecule has 0 fully saturated rings. The van der Waals surface area contributed by atoms with Gasteiger partial charge in [0.2, 0.25) is 5.78 Å². The Bertz CT molecular complexity index is 408. The van der Waals surface area contributed by atoms with Gasteiger partial charge in [0.25, 0.3) is 0 Å². The highest BCUT2D eigenvalue weighted by molar-refractivity contribution is 6.09. The molecular weight excluding hydrogens is 172 g/mol. The SMILES string of the molecule is C#CC(=O)c1cc(C)c(CC)cc1C. The predicted octanol–water partition coefficient (Wildman–Crippen LogP) is 2.68. The van der Waals surface area contributed by atoms with Crippen molar-refractivity contribution in [1.82, 2.24) is 0 Å². The monoisotopic (exact) mass is 186 g/mol. The summed E-state index contributed by atoms with van der Waals surface area (Å²) in [4.78, 5) is 11.3. The minimum atomic E-state index is -0.228. The molecule has 72 valence electrons. The van der Waals surface area contributed by atoms with Crippen LogP contribution in [0, 0.1) is 26.2 Å². The first-order valence-corrected chi connectivity index (χ1v) is 4.71. The van der Waals surface area contributed by atoms with Gasteiger partial charge in [-0.2, -0.15) is 0 Å². The van der Waals surface area contributed by atoms with Crippen LogP contribution in [0.25, 0.3) is 0 Å². The van der Waals surface area contributed by atoms with Gasteiger partial charge in [0.05, 0.1) is 0 Å². The van der Waals surface area contributed by atoms with Crippen LogP contribution in [0.4, 0.5) is 0 Å². The lowest BCUT2D eigenvalue weighted by Crippen LogP contribution is -2.01. The molecule has 0 spiro atoms. The molecule has 0 bridgehead atoms. The van der Waals surface area contributed by atoms with Crippen LogP contribution in [0.2, 0.25) is 0 Å². The molecule has 0 radical (unpaired) electrons. The topological polar surface area (TPSA) is 17.1 Å². The molecule has 1 aromatic rings. The van der Waals surface area contributed by atoms with Gasteiger partial charge in [-0.25, -0.2) is 0 Å². The van der Waals surface area contributed by atoms with Gasteiger partial charge in [-0.1, -0.05) is 13.0 Å². The van der Waals surface area contributed by atoms with Crippen molar-refractivity contribution in [3.05, 3.63) is 34.4 Å². The number of benzene rings is 1. The highest BCUT2D eigenvalue weighted by Gasteiger charge is 2.08. The van der Waals surface area contributed by atoms with Crippen molar-refractivity contribution in [3.8, 4) is 12.3 Å². The van der Waals surface area contributed by atoms with E-state index in [1.807, 2.05) is 26.0 Å². The average molecular weight is 186 g/mol. The van der Waals surface area contributed by atoms with Crippen LogP contribution in [0.1, 0.15) is 34.0 Å². The Morgan fingerprint density at radius 3 is 2.50 bits per heavy atom. The molecule has 0 unspecified atom stereocenters. The second-order valence-electron chi connectivity index (χ2n) is 3.42. The van der Waals surface area contributed by atoms with E-state index in [2.05, 4.69) is 12.8 Å². The van der Waals surface area contributed by atoms with E-state index in [0.717, 1.165) is 17.5 Å². The Morgan fingerprint density at radius 2 is 2.00 bits per heavy atom. The van der Waals surface area contributed by atoms with Gasteiger partial charge in [0.15, 0.2) is 0 Å². The highest BCUT2D eigenvalue weighted by atomic mass is 16.1. The van der Waals surface area contributed by atoms with E-state index in [-0.39, 0.29) is 5.78 Å². The predicted molar refractivity (Wildman–Crippen MR) is 58.5 cm³/mol. The number of hydrogen-bond donors (Lipinski definition) is 0. The molecule has 0 heterocycles. The summed E-state index contributed by atoms with van der Waals surface area (Å²) < 4.78 is 0. The van der Waals surface area contributed by atoms with E-state index in [0.29, 0.717) is 5.56 Å². The van der Waals surface area contributed by atoms with E-state index in [9.17, 15) is 4.79 Å². The first-order chi connectivity index (χ1) is 6.60. The van der Waals surface area contributed by atoms with Crippen molar-refractivity contribution < 1.29 is 4.79 Å². The molecule has 0 aliphatic heterocycles. The Labute approximate surface area is 85.1 Å². The van der Waals surface area contributed by atoms with Gasteiger partial charge in [-0.05, 0) is 48.9 Å². The van der Waals surface area contributed by atoms with Crippen molar-refractivity contribution >= 4 is 5.78 Å². The second kappa shape index (κ2) is 4.11.